The Morgan fingerprint density at radius 3 is 2.29 bits per heavy atom. The molecular weight excluding hydrogens is 362 g/mol. The number of ether oxygens (including phenoxy) is 4. The quantitative estimate of drug-likeness (QED) is 0.614. The monoisotopic (exact) mass is 383 g/mol. The molecule has 0 bridgehead atoms. The first-order chi connectivity index (χ1) is 13.6. The van der Waals surface area contributed by atoms with Crippen molar-refractivity contribution in [2.75, 3.05) is 27.9 Å². The lowest BCUT2D eigenvalue weighted by molar-refractivity contribution is 0.311. The molecule has 28 heavy (non-hydrogen) atoms. The normalized spacial score (nSPS) is 11.0. The largest absolute Gasteiger partial charge is 0.493 e. The highest BCUT2D eigenvalue weighted by Crippen LogP contribution is 2.31. The zero-order valence-electron chi connectivity index (χ0n) is 16.1. The van der Waals surface area contributed by atoms with Gasteiger partial charge in [-0.3, -0.25) is 0 Å². The van der Waals surface area contributed by atoms with E-state index in [1.54, 1.807) is 31.4 Å². The topological polar surface area (TPSA) is 80.0 Å². The Balaban J connectivity index is 1.97. The van der Waals surface area contributed by atoms with Crippen molar-refractivity contribution in [1.82, 2.24) is 4.98 Å². The van der Waals surface area contributed by atoms with Crippen molar-refractivity contribution < 1.29 is 23.4 Å². The van der Waals surface area contributed by atoms with E-state index < -0.39 is 5.63 Å². The smallest absolute Gasteiger partial charge is 0.347 e. The standard InChI is InChI=1S/C21H21NO6/c1-5-27-16-8-6-13(10-17(16)24-2)7-9-20-22-15-12-19(26-4)18(25-3)11-14(15)21(23)28-20/h6-12H,5H2,1-4H3. The average Bonchev–Trinajstić information content (AvgIpc) is 2.72. The molecule has 0 aliphatic rings. The van der Waals surface area contributed by atoms with Crippen LogP contribution in [0.4, 0.5) is 0 Å². The van der Waals surface area contributed by atoms with Crippen molar-refractivity contribution in [2.45, 2.75) is 6.92 Å². The number of nitrogens with zero attached hydrogens (tertiary/aromatic N) is 1. The molecule has 1 aromatic heterocycles. The molecule has 0 N–H and O–H groups in total. The third-order valence-corrected chi connectivity index (χ3v) is 4.06. The van der Waals surface area contributed by atoms with Gasteiger partial charge in [-0.15, -0.1) is 0 Å². The van der Waals surface area contributed by atoms with Gasteiger partial charge in [0.05, 0.1) is 38.8 Å². The Labute approximate surface area is 162 Å². The van der Waals surface area contributed by atoms with E-state index >= 15 is 0 Å². The van der Waals surface area contributed by atoms with Gasteiger partial charge in [-0.05, 0) is 30.7 Å². The molecule has 0 spiro atoms. The molecule has 0 amide bonds. The molecule has 3 rings (SSSR count). The van der Waals surface area contributed by atoms with Gasteiger partial charge in [-0.2, -0.15) is 0 Å². The summed E-state index contributed by atoms with van der Waals surface area (Å²) in [5, 5.41) is 0.317. The van der Waals surface area contributed by atoms with E-state index in [-0.39, 0.29) is 5.89 Å². The maximum atomic E-state index is 12.3. The lowest BCUT2D eigenvalue weighted by Gasteiger charge is -2.09. The van der Waals surface area contributed by atoms with Crippen molar-refractivity contribution in [3.05, 3.63) is 52.2 Å². The first kappa shape index (κ1) is 19.3. The Hall–Kier alpha value is -3.48. The van der Waals surface area contributed by atoms with Crippen LogP contribution in [0.2, 0.25) is 0 Å². The third-order valence-electron chi connectivity index (χ3n) is 4.06. The second-order valence-electron chi connectivity index (χ2n) is 5.74. The zero-order valence-corrected chi connectivity index (χ0v) is 16.1. The average molecular weight is 383 g/mol. The number of fused-ring (bicyclic) bond motifs is 1. The van der Waals surface area contributed by atoms with Crippen molar-refractivity contribution in [1.29, 1.82) is 0 Å². The van der Waals surface area contributed by atoms with Crippen molar-refractivity contribution in [3.63, 3.8) is 0 Å². The van der Waals surface area contributed by atoms with Gasteiger partial charge in [-0.25, -0.2) is 9.78 Å². The number of benzene rings is 2. The third kappa shape index (κ3) is 3.93. The summed E-state index contributed by atoms with van der Waals surface area (Å²) in [4.78, 5) is 16.7. The van der Waals surface area contributed by atoms with Crippen LogP contribution >= 0.6 is 0 Å². The van der Waals surface area contributed by atoms with E-state index in [1.807, 2.05) is 25.1 Å². The van der Waals surface area contributed by atoms with E-state index in [1.165, 1.54) is 14.2 Å². The van der Waals surface area contributed by atoms with E-state index in [4.69, 9.17) is 23.4 Å². The molecule has 0 saturated carbocycles. The van der Waals surface area contributed by atoms with Gasteiger partial charge in [0.2, 0.25) is 5.89 Å². The number of hydrogen-bond acceptors (Lipinski definition) is 7. The van der Waals surface area contributed by atoms with Crippen LogP contribution in [0.5, 0.6) is 23.0 Å². The molecule has 3 aromatic rings. The Bertz CT molecular complexity index is 1070. The van der Waals surface area contributed by atoms with Gasteiger partial charge < -0.3 is 23.4 Å². The summed E-state index contributed by atoms with van der Waals surface area (Å²) in [7, 11) is 4.60. The molecule has 1 heterocycles. The summed E-state index contributed by atoms with van der Waals surface area (Å²) in [6, 6.07) is 8.72. The van der Waals surface area contributed by atoms with Gasteiger partial charge in [0.25, 0.3) is 0 Å². The highest BCUT2D eigenvalue weighted by Gasteiger charge is 2.11. The molecule has 146 valence electrons. The second kappa shape index (κ2) is 8.47. The molecule has 0 saturated heterocycles. The number of methoxy groups -OCH3 is 3. The minimum absolute atomic E-state index is 0.178. The highest BCUT2D eigenvalue weighted by atomic mass is 16.5. The van der Waals surface area contributed by atoms with Crippen LogP contribution in [-0.4, -0.2) is 32.9 Å². The molecule has 0 radical (unpaired) electrons. The van der Waals surface area contributed by atoms with Crippen molar-refractivity contribution in [2.24, 2.45) is 0 Å². The predicted octanol–water partition coefficient (Wildman–Crippen LogP) is 3.78. The predicted molar refractivity (Wildman–Crippen MR) is 106 cm³/mol. The second-order valence-corrected chi connectivity index (χ2v) is 5.74. The van der Waals surface area contributed by atoms with Crippen LogP contribution in [0.1, 0.15) is 18.4 Å². The number of rotatable bonds is 7. The van der Waals surface area contributed by atoms with Gasteiger partial charge >= 0.3 is 5.63 Å². The summed E-state index contributed by atoms with van der Waals surface area (Å²) in [6.45, 7) is 2.46. The molecule has 7 nitrogen and oxygen atoms in total. The fourth-order valence-corrected chi connectivity index (χ4v) is 2.72. The molecule has 0 fully saturated rings. The maximum absolute atomic E-state index is 12.3. The molecule has 7 heteroatoms. The molecule has 0 aliphatic heterocycles. The Kier molecular flexibility index (Phi) is 5.84. The van der Waals surface area contributed by atoms with Crippen molar-refractivity contribution in [3.8, 4) is 23.0 Å². The summed E-state index contributed by atoms with van der Waals surface area (Å²) in [6.07, 6.45) is 3.39. The SMILES string of the molecule is CCOc1ccc(C=Cc2nc3cc(OC)c(OC)cc3c(=O)o2)cc1OC. The lowest BCUT2D eigenvalue weighted by atomic mass is 10.2. The molecule has 0 unspecified atom stereocenters. The highest BCUT2D eigenvalue weighted by molar-refractivity contribution is 5.82. The first-order valence-corrected chi connectivity index (χ1v) is 8.65. The minimum Gasteiger partial charge on any atom is -0.493 e. The lowest BCUT2D eigenvalue weighted by Crippen LogP contribution is -2.04. The van der Waals surface area contributed by atoms with Crippen LogP contribution in [0, 0.1) is 0 Å². The molecule has 2 aromatic carbocycles. The van der Waals surface area contributed by atoms with Crippen molar-refractivity contribution >= 4 is 23.1 Å². The van der Waals surface area contributed by atoms with Crippen LogP contribution in [0.25, 0.3) is 23.1 Å². The van der Waals surface area contributed by atoms with Gasteiger partial charge in [0.1, 0.15) is 0 Å². The summed E-state index contributed by atoms with van der Waals surface area (Å²) >= 11 is 0. The van der Waals surface area contributed by atoms with Crippen LogP contribution in [-0.2, 0) is 0 Å². The fourth-order valence-electron chi connectivity index (χ4n) is 2.72. The molecular formula is C21H21NO6. The summed E-state index contributed by atoms with van der Waals surface area (Å²) in [5.41, 5.74) is 0.796. The summed E-state index contributed by atoms with van der Waals surface area (Å²) in [5.74, 6) is 2.39. The van der Waals surface area contributed by atoms with E-state index in [9.17, 15) is 4.79 Å². The molecule has 0 aliphatic carbocycles. The fraction of sp³-hybridized carbons (Fsp3) is 0.238. The first-order valence-electron chi connectivity index (χ1n) is 8.65. The van der Waals surface area contributed by atoms with Crippen LogP contribution in [0.3, 0.4) is 0 Å². The van der Waals surface area contributed by atoms with Crippen LogP contribution in [0.15, 0.2) is 39.5 Å². The Morgan fingerprint density at radius 2 is 1.61 bits per heavy atom. The Morgan fingerprint density at radius 1 is 0.929 bits per heavy atom. The van der Waals surface area contributed by atoms with Gasteiger partial charge in [0, 0.05) is 18.2 Å². The maximum Gasteiger partial charge on any atom is 0.347 e. The van der Waals surface area contributed by atoms with E-state index in [0.717, 1.165) is 5.56 Å². The number of aromatic nitrogens is 1. The molecule has 0 atom stereocenters. The van der Waals surface area contributed by atoms with Gasteiger partial charge in [0.15, 0.2) is 23.0 Å². The zero-order chi connectivity index (χ0) is 20.1. The summed E-state index contributed by atoms with van der Waals surface area (Å²) < 4.78 is 26.6. The minimum atomic E-state index is -0.505. The number of hydrogen-bond donors (Lipinski definition) is 0. The van der Waals surface area contributed by atoms with E-state index in [2.05, 4.69) is 4.98 Å². The van der Waals surface area contributed by atoms with Crippen LogP contribution < -0.4 is 24.6 Å². The van der Waals surface area contributed by atoms with E-state index in [0.29, 0.717) is 40.5 Å². The van der Waals surface area contributed by atoms with Gasteiger partial charge in [-0.1, -0.05) is 6.07 Å².